The molecule has 84 valence electrons. The molecule has 0 aliphatic rings. The molecule has 0 saturated heterocycles. The van der Waals surface area contributed by atoms with Gasteiger partial charge in [-0.1, -0.05) is 0 Å². The van der Waals surface area contributed by atoms with Crippen LogP contribution in [0.1, 0.15) is 22.8 Å². The average Bonchev–Trinajstić information content (AvgIpc) is 2.29. The second kappa shape index (κ2) is 5.12. The zero-order valence-electron chi connectivity index (χ0n) is 8.91. The molecule has 0 radical (unpaired) electrons. The van der Waals surface area contributed by atoms with Gasteiger partial charge in [-0.15, -0.1) is 0 Å². The fourth-order valence-corrected chi connectivity index (χ4v) is 1.21. The summed E-state index contributed by atoms with van der Waals surface area (Å²) in [7, 11) is 1.14. The first-order valence-electron chi connectivity index (χ1n) is 4.59. The third-order valence-corrected chi connectivity index (χ3v) is 1.92. The molecule has 0 aliphatic carbocycles. The van der Waals surface area contributed by atoms with Crippen LogP contribution in [0.3, 0.4) is 0 Å². The van der Waals surface area contributed by atoms with Crippen LogP contribution in [0, 0.1) is 17.1 Å². The standard InChI is InChI=1S/C11H10FNO3/c1-3-16-9-5-4-7(11(14)15-2)10(12)8(9)6-13/h4-5H,3H2,1-2H3. The molecule has 1 rings (SSSR count). The van der Waals surface area contributed by atoms with Crippen molar-refractivity contribution in [3.05, 3.63) is 29.1 Å². The van der Waals surface area contributed by atoms with Gasteiger partial charge >= 0.3 is 5.97 Å². The summed E-state index contributed by atoms with van der Waals surface area (Å²) in [5.41, 5.74) is -0.563. The number of carbonyl (C=O) groups excluding carboxylic acids is 1. The fourth-order valence-electron chi connectivity index (χ4n) is 1.21. The van der Waals surface area contributed by atoms with Crippen LogP contribution in [0.25, 0.3) is 0 Å². The van der Waals surface area contributed by atoms with E-state index in [9.17, 15) is 9.18 Å². The summed E-state index contributed by atoms with van der Waals surface area (Å²) in [4.78, 5) is 11.2. The van der Waals surface area contributed by atoms with E-state index < -0.39 is 11.8 Å². The summed E-state index contributed by atoms with van der Waals surface area (Å²) >= 11 is 0. The number of hydrogen-bond acceptors (Lipinski definition) is 4. The van der Waals surface area contributed by atoms with Crippen LogP contribution >= 0.6 is 0 Å². The van der Waals surface area contributed by atoms with E-state index >= 15 is 0 Å². The van der Waals surface area contributed by atoms with Crippen molar-refractivity contribution < 1.29 is 18.7 Å². The minimum atomic E-state index is -0.916. The van der Waals surface area contributed by atoms with Crippen molar-refractivity contribution >= 4 is 5.97 Å². The monoisotopic (exact) mass is 223 g/mol. The smallest absolute Gasteiger partial charge is 0.340 e. The molecule has 0 aliphatic heterocycles. The average molecular weight is 223 g/mol. The Morgan fingerprint density at radius 1 is 1.56 bits per heavy atom. The van der Waals surface area contributed by atoms with Gasteiger partial charge in [-0.25, -0.2) is 9.18 Å². The number of methoxy groups -OCH3 is 1. The highest BCUT2D eigenvalue weighted by Crippen LogP contribution is 2.24. The largest absolute Gasteiger partial charge is 0.492 e. The van der Waals surface area contributed by atoms with Crippen molar-refractivity contribution in [2.75, 3.05) is 13.7 Å². The number of carbonyl (C=O) groups is 1. The molecule has 0 fully saturated rings. The van der Waals surface area contributed by atoms with E-state index in [1.165, 1.54) is 12.1 Å². The minimum Gasteiger partial charge on any atom is -0.492 e. The molecule has 0 atom stereocenters. The van der Waals surface area contributed by atoms with Gasteiger partial charge < -0.3 is 9.47 Å². The van der Waals surface area contributed by atoms with Crippen molar-refractivity contribution in [3.8, 4) is 11.8 Å². The number of hydrogen-bond donors (Lipinski definition) is 0. The third kappa shape index (κ3) is 2.11. The molecule has 0 aromatic heterocycles. The summed E-state index contributed by atoms with van der Waals surface area (Å²) in [5.74, 6) is -1.62. The van der Waals surface area contributed by atoms with E-state index in [4.69, 9.17) is 10.00 Å². The Kier molecular flexibility index (Phi) is 3.84. The Bertz CT molecular complexity index is 451. The van der Waals surface area contributed by atoms with E-state index in [1.807, 2.05) is 0 Å². The number of ether oxygens (including phenoxy) is 2. The molecule has 0 unspecified atom stereocenters. The van der Waals surface area contributed by atoms with Gasteiger partial charge in [0.1, 0.15) is 17.4 Å². The topological polar surface area (TPSA) is 59.3 Å². The highest BCUT2D eigenvalue weighted by molar-refractivity contribution is 5.90. The first-order valence-corrected chi connectivity index (χ1v) is 4.59. The Morgan fingerprint density at radius 2 is 2.25 bits per heavy atom. The quantitative estimate of drug-likeness (QED) is 0.734. The number of benzene rings is 1. The van der Waals surface area contributed by atoms with Crippen LogP contribution < -0.4 is 4.74 Å². The first-order chi connectivity index (χ1) is 7.65. The lowest BCUT2D eigenvalue weighted by Crippen LogP contribution is -2.07. The lowest BCUT2D eigenvalue weighted by atomic mass is 10.1. The van der Waals surface area contributed by atoms with Crippen LogP contribution in [0.4, 0.5) is 4.39 Å². The maximum Gasteiger partial charge on any atom is 0.340 e. The summed E-state index contributed by atoms with van der Waals surface area (Å²) in [6.07, 6.45) is 0. The van der Waals surface area contributed by atoms with E-state index in [-0.39, 0.29) is 16.9 Å². The molecular formula is C11H10FNO3. The Balaban J connectivity index is 3.30. The first kappa shape index (κ1) is 12.0. The van der Waals surface area contributed by atoms with E-state index in [2.05, 4.69) is 4.74 Å². The summed E-state index contributed by atoms with van der Waals surface area (Å²) in [6, 6.07) is 4.26. The van der Waals surface area contributed by atoms with E-state index in [1.54, 1.807) is 13.0 Å². The lowest BCUT2D eigenvalue weighted by Gasteiger charge is -2.08. The molecule has 0 saturated carbocycles. The Hall–Kier alpha value is -2.09. The van der Waals surface area contributed by atoms with Crippen LogP contribution in [0.15, 0.2) is 12.1 Å². The zero-order valence-corrected chi connectivity index (χ0v) is 8.91. The second-order valence-corrected chi connectivity index (χ2v) is 2.84. The molecule has 1 aromatic rings. The van der Waals surface area contributed by atoms with Gasteiger partial charge in [-0.05, 0) is 19.1 Å². The van der Waals surface area contributed by atoms with Crippen molar-refractivity contribution in [2.24, 2.45) is 0 Å². The Labute approximate surface area is 92.2 Å². The van der Waals surface area contributed by atoms with Crippen molar-refractivity contribution in [3.63, 3.8) is 0 Å². The molecule has 1 aromatic carbocycles. The van der Waals surface area contributed by atoms with Gasteiger partial charge in [-0.3, -0.25) is 0 Å². The third-order valence-electron chi connectivity index (χ3n) is 1.92. The van der Waals surface area contributed by atoms with Gasteiger partial charge in [0.05, 0.1) is 19.3 Å². The lowest BCUT2D eigenvalue weighted by molar-refractivity contribution is 0.0595. The van der Waals surface area contributed by atoms with Crippen LogP contribution in [0.2, 0.25) is 0 Å². The van der Waals surface area contributed by atoms with Gasteiger partial charge in [0, 0.05) is 0 Å². The van der Waals surface area contributed by atoms with Crippen molar-refractivity contribution in [1.29, 1.82) is 5.26 Å². The normalized spacial score (nSPS) is 9.38. The zero-order chi connectivity index (χ0) is 12.1. The molecule has 5 heteroatoms. The predicted octanol–water partition coefficient (Wildman–Crippen LogP) is 1.88. The number of nitriles is 1. The van der Waals surface area contributed by atoms with E-state index in [0.29, 0.717) is 6.61 Å². The van der Waals surface area contributed by atoms with Crippen LogP contribution in [0.5, 0.6) is 5.75 Å². The summed E-state index contributed by atoms with van der Waals surface area (Å²) in [6.45, 7) is 2.03. The minimum absolute atomic E-state index is 0.121. The fraction of sp³-hybridized carbons (Fsp3) is 0.273. The maximum absolute atomic E-state index is 13.7. The number of rotatable bonds is 3. The number of esters is 1. The highest BCUT2D eigenvalue weighted by atomic mass is 19.1. The van der Waals surface area contributed by atoms with Gasteiger partial charge in [0.2, 0.25) is 0 Å². The number of nitrogens with zero attached hydrogens (tertiary/aromatic N) is 1. The predicted molar refractivity (Wildman–Crippen MR) is 53.6 cm³/mol. The molecule has 16 heavy (non-hydrogen) atoms. The van der Waals surface area contributed by atoms with Gasteiger partial charge in [-0.2, -0.15) is 5.26 Å². The Morgan fingerprint density at radius 3 is 2.75 bits per heavy atom. The molecule has 0 amide bonds. The molecule has 0 spiro atoms. The molecule has 0 heterocycles. The molecule has 0 N–H and O–H groups in total. The maximum atomic E-state index is 13.7. The van der Waals surface area contributed by atoms with E-state index in [0.717, 1.165) is 7.11 Å². The second-order valence-electron chi connectivity index (χ2n) is 2.84. The van der Waals surface area contributed by atoms with Gasteiger partial charge in [0.15, 0.2) is 5.82 Å². The highest BCUT2D eigenvalue weighted by Gasteiger charge is 2.19. The van der Waals surface area contributed by atoms with Crippen LogP contribution in [-0.2, 0) is 4.74 Å². The summed E-state index contributed by atoms with van der Waals surface area (Å²) < 4.78 is 23.1. The van der Waals surface area contributed by atoms with Crippen LogP contribution in [-0.4, -0.2) is 19.7 Å². The molecular weight excluding hydrogens is 213 g/mol. The SMILES string of the molecule is CCOc1ccc(C(=O)OC)c(F)c1C#N. The van der Waals surface area contributed by atoms with Gasteiger partial charge in [0.25, 0.3) is 0 Å². The van der Waals surface area contributed by atoms with Crippen molar-refractivity contribution in [1.82, 2.24) is 0 Å². The molecule has 0 bridgehead atoms. The van der Waals surface area contributed by atoms with Crippen molar-refractivity contribution in [2.45, 2.75) is 6.92 Å². The summed E-state index contributed by atoms with van der Waals surface area (Å²) in [5, 5.41) is 8.78. The number of halogens is 1. The molecule has 4 nitrogen and oxygen atoms in total.